The van der Waals surface area contributed by atoms with Gasteiger partial charge in [-0.2, -0.15) is 0 Å². The van der Waals surface area contributed by atoms with Crippen LogP contribution in [-0.4, -0.2) is 16.3 Å². The van der Waals surface area contributed by atoms with Gasteiger partial charge < -0.3 is 9.40 Å². The molecule has 0 saturated carbocycles. The summed E-state index contributed by atoms with van der Waals surface area (Å²) in [6.45, 7) is 0. The fourth-order valence-electron chi connectivity index (χ4n) is 1.02. The van der Waals surface area contributed by atoms with E-state index in [0.29, 0.717) is 22.4 Å². The molecule has 2 aromatic rings. The molecule has 66 valence electrons. The minimum Gasteiger partial charge on any atom is -0.472 e. The van der Waals surface area contributed by atoms with E-state index in [-0.39, 0.29) is 0 Å². The molecule has 0 aliphatic carbocycles. The molecule has 2 aromatic heterocycles. The average Bonchev–Trinajstić information content (AvgIpc) is 2.72. The van der Waals surface area contributed by atoms with Crippen LogP contribution < -0.4 is 0 Å². The Morgan fingerprint density at radius 2 is 2.46 bits per heavy atom. The van der Waals surface area contributed by atoms with Crippen molar-refractivity contribution in [3.63, 3.8) is 0 Å². The number of halogens is 1. The van der Waals surface area contributed by atoms with E-state index >= 15 is 0 Å². The Kier molecular flexibility index (Phi) is 2.02. The van der Waals surface area contributed by atoms with Gasteiger partial charge in [0.1, 0.15) is 10.3 Å². The Hall–Kier alpha value is -1.36. The maximum atomic E-state index is 10.4. The number of nitrogens with one attached hydrogen (secondary N) is 1. The van der Waals surface area contributed by atoms with E-state index in [1.54, 1.807) is 18.6 Å². The molecular formula is C8H5BrN2O2. The van der Waals surface area contributed by atoms with E-state index in [1.165, 1.54) is 0 Å². The number of aldehydes is 1. The highest BCUT2D eigenvalue weighted by molar-refractivity contribution is 9.10. The van der Waals surface area contributed by atoms with Gasteiger partial charge in [0.05, 0.1) is 12.5 Å². The Morgan fingerprint density at radius 3 is 3.00 bits per heavy atom. The maximum Gasteiger partial charge on any atom is 0.185 e. The summed E-state index contributed by atoms with van der Waals surface area (Å²) in [6, 6.07) is 1.77. The van der Waals surface area contributed by atoms with Gasteiger partial charge in [0, 0.05) is 5.56 Å². The molecule has 1 N–H and O–H groups in total. The average molecular weight is 241 g/mol. The molecule has 2 rings (SSSR count). The van der Waals surface area contributed by atoms with Crippen LogP contribution in [0.15, 0.2) is 27.6 Å². The van der Waals surface area contributed by atoms with Crippen LogP contribution in [0.25, 0.3) is 11.3 Å². The number of carbonyl (C=O) groups excluding carboxylic acids is 1. The number of H-pyrrole nitrogens is 1. The Labute approximate surface area is 82.1 Å². The molecule has 0 unspecified atom stereocenters. The number of carbonyl (C=O) groups is 1. The molecule has 0 saturated heterocycles. The molecule has 0 atom stereocenters. The van der Waals surface area contributed by atoms with Gasteiger partial charge in [-0.1, -0.05) is 0 Å². The second kappa shape index (κ2) is 3.18. The number of aromatic nitrogens is 2. The number of nitrogens with zero attached hydrogens (tertiary/aromatic N) is 1. The normalized spacial score (nSPS) is 10.2. The highest BCUT2D eigenvalue weighted by Gasteiger charge is 2.09. The molecular weight excluding hydrogens is 236 g/mol. The van der Waals surface area contributed by atoms with Gasteiger partial charge in [-0.25, -0.2) is 4.98 Å². The highest BCUT2D eigenvalue weighted by atomic mass is 79.9. The van der Waals surface area contributed by atoms with Gasteiger partial charge in [0.2, 0.25) is 0 Å². The molecule has 0 aromatic carbocycles. The predicted molar refractivity (Wildman–Crippen MR) is 49.4 cm³/mol. The second-order valence-corrected chi connectivity index (χ2v) is 3.21. The van der Waals surface area contributed by atoms with Gasteiger partial charge in [0.15, 0.2) is 12.1 Å². The van der Waals surface area contributed by atoms with Crippen molar-refractivity contribution in [3.8, 4) is 11.3 Å². The lowest BCUT2D eigenvalue weighted by molar-refractivity contribution is 0.111. The van der Waals surface area contributed by atoms with E-state index in [0.717, 1.165) is 5.56 Å². The van der Waals surface area contributed by atoms with Crippen LogP contribution in [0, 0.1) is 0 Å². The summed E-state index contributed by atoms with van der Waals surface area (Å²) in [5.41, 5.74) is 1.51. The standard InChI is InChI=1S/C8H5BrN2O2/c9-8-7(5-1-2-13-4-5)10-6(3-12)11-8/h1-4H,(H,10,11). The first-order chi connectivity index (χ1) is 6.31. The van der Waals surface area contributed by atoms with Gasteiger partial charge in [-0.15, -0.1) is 0 Å². The van der Waals surface area contributed by atoms with Crippen molar-refractivity contribution < 1.29 is 9.21 Å². The monoisotopic (exact) mass is 240 g/mol. The molecule has 4 nitrogen and oxygen atoms in total. The largest absolute Gasteiger partial charge is 0.472 e. The van der Waals surface area contributed by atoms with Crippen molar-refractivity contribution in [3.05, 3.63) is 29.0 Å². The van der Waals surface area contributed by atoms with E-state index < -0.39 is 0 Å². The summed E-state index contributed by atoms with van der Waals surface area (Å²) in [7, 11) is 0. The summed E-state index contributed by atoms with van der Waals surface area (Å²) < 4.78 is 5.58. The first kappa shape index (κ1) is 8.25. The molecule has 0 radical (unpaired) electrons. The summed E-state index contributed by atoms with van der Waals surface area (Å²) in [4.78, 5) is 17.2. The van der Waals surface area contributed by atoms with Gasteiger partial charge in [-0.05, 0) is 22.0 Å². The molecule has 0 spiro atoms. The number of rotatable bonds is 2. The van der Waals surface area contributed by atoms with Crippen molar-refractivity contribution >= 4 is 22.2 Å². The van der Waals surface area contributed by atoms with Gasteiger partial charge >= 0.3 is 0 Å². The first-order valence-electron chi connectivity index (χ1n) is 3.54. The maximum absolute atomic E-state index is 10.4. The summed E-state index contributed by atoms with van der Waals surface area (Å²) in [5, 5.41) is 0. The lowest BCUT2D eigenvalue weighted by Crippen LogP contribution is -1.80. The zero-order chi connectivity index (χ0) is 9.26. The van der Waals surface area contributed by atoms with Crippen LogP contribution >= 0.6 is 15.9 Å². The number of imidazole rings is 1. The summed E-state index contributed by atoms with van der Waals surface area (Å²) >= 11 is 3.26. The molecule has 0 aliphatic heterocycles. The molecule has 0 fully saturated rings. The molecule has 2 heterocycles. The summed E-state index contributed by atoms with van der Waals surface area (Å²) in [5.74, 6) is 0.295. The van der Waals surface area contributed by atoms with Crippen molar-refractivity contribution in [1.29, 1.82) is 0 Å². The molecule has 5 heteroatoms. The second-order valence-electron chi connectivity index (χ2n) is 2.41. The number of aromatic amines is 1. The Morgan fingerprint density at radius 1 is 1.62 bits per heavy atom. The van der Waals surface area contributed by atoms with Crippen LogP contribution in [0.2, 0.25) is 0 Å². The first-order valence-corrected chi connectivity index (χ1v) is 4.34. The quantitative estimate of drug-likeness (QED) is 0.820. The van der Waals surface area contributed by atoms with E-state index in [1.807, 2.05) is 0 Å². The topological polar surface area (TPSA) is 58.9 Å². The van der Waals surface area contributed by atoms with Crippen LogP contribution in [0.4, 0.5) is 0 Å². The SMILES string of the molecule is O=Cc1nc(-c2ccoc2)c(Br)[nH]1. The lowest BCUT2D eigenvalue weighted by atomic mass is 10.3. The smallest absolute Gasteiger partial charge is 0.185 e. The minimum absolute atomic E-state index is 0.295. The Balaban J connectivity index is 2.52. The van der Waals surface area contributed by atoms with Crippen LogP contribution in [0.5, 0.6) is 0 Å². The number of hydrogen-bond acceptors (Lipinski definition) is 3. The molecule has 0 aliphatic rings. The third-order valence-electron chi connectivity index (χ3n) is 1.58. The highest BCUT2D eigenvalue weighted by Crippen LogP contribution is 2.25. The van der Waals surface area contributed by atoms with Crippen LogP contribution in [0.3, 0.4) is 0 Å². The van der Waals surface area contributed by atoms with Crippen molar-refractivity contribution in [2.75, 3.05) is 0 Å². The number of hydrogen-bond donors (Lipinski definition) is 1. The van der Waals surface area contributed by atoms with Crippen LogP contribution in [0.1, 0.15) is 10.6 Å². The number of furan rings is 1. The molecule has 0 amide bonds. The van der Waals surface area contributed by atoms with Crippen molar-refractivity contribution in [2.24, 2.45) is 0 Å². The van der Waals surface area contributed by atoms with Crippen LogP contribution in [-0.2, 0) is 0 Å². The van der Waals surface area contributed by atoms with E-state index in [4.69, 9.17) is 4.42 Å². The Bertz CT molecular complexity index is 419. The fraction of sp³-hybridized carbons (Fsp3) is 0. The third-order valence-corrected chi connectivity index (χ3v) is 2.16. The van der Waals surface area contributed by atoms with Gasteiger partial charge in [0.25, 0.3) is 0 Å². The zero-order valence-electron chi connectivity index (χ0n) is 6.45. The fourth-order valence-corrected chi connectivity index (χ4v) is 1.54. The van der Waals surface area contributed by atoms with Gasteiger partial charge in [-0.3, -0.25) is 4.79 Å². The predicted octanol–water partition coefficient (Wildman–Crippen LogP) is 2.24. The lowest BCUT2D eigenvalue weighted by Gasteiger charge is -1.87. The van der Waals surface area contributed by atoms with Crippen molar-refractivity contribution in [1.82, 2.24) is 9.97 Å². The van der Waals surface area contributed by atoms with E-state index in [9.17, 15) is 4.79 Å². The minimum atomic E-state index is 0.295. The zero-order valence-corrected chi connectivity index (χ0v) is 8.04. The third kappa shape index (κ3) is 1.42. The van der Waals surface area contributed by atoms with Crippen molar-refractivity contribution in [2.45, 2.75) is 0 Å². The summed E-state index contributed by atoms with van der Waals surface area (Å²) in [6.07, 6.45) is 3.78. The molecule has 13 heavy (non-hydrogen) atoms. The van der Waals surface area contributed by atoms with E-state index in [2.05, 4.69) is 25.9 Å². The molecule has 0 bridgehead atoms.